The molecule has 0 spiro atoms. The van der Waals surface area contributed by atoms with Crippen molar-refractivity contribution in [1.29, 1.82) is 0 Å². The van der Waals surface area contributed by atoms with Crippen molar-refractivity contribution in [3.63, 3.8) is 0 Å². The predicted octanol–water partition coefficient (Wildman–Crippen LogP) is 2.16. The molecule has 1 aromatic rings. The highest BCUT2D eigenvalue weighted by molar-refractivity contribution is 6.34. The largest absolute Gasteiger partial charge is 0.383 e. The molecule has 0 heterocycles. The van der Waals surface area contributed by atoms with Crippen LogP contribution in [-0.2, 0) is 9.53 Å². The molecule has 23 heavy (non-hydrogen) atoms. The van der Waals surface area contributed by atoms with E-state index in [0.29, 0.717) is 24.3 Å². The first-order chi connectivity index (χ1) is 10.4. The number of nitrogens with two attached hydrogens (primary N) is 1. The van der Waals surface area contributed by atoms with Crippen LogP contribution in [0.1, 0.15) is 24.2 Å². The summed E-state index contributed by atoms with van der Waals surface area (Å²) in [6.45, 7) is 5.15. The molecule has 2 amide bonds. The van der Waals surface area contributed by atoms with E-state index >= 15 is 0 Å². The van der Waals surface area contributed by atoms with Gasteiger partial charge in [-0.15, -0.1) is 12.4 Å². The van der Waals surface area contributed by atoms with Crippen LogP contribution in [0, 0.1) is 0 Å². The van der Waals surface area contributed by atoms with Gasteiger partial charge in [-0.05, 0) is 32.0 Å². The molecule has 0 radical (unpaired) electrons. The van der Waals surface area contributed by atoms with Crippen LogP contribution in [0.2, 0.25) is 5.02 Å². The Morgan fingerprint density at radius 1 is 1.35 bits per heavy atom. The van der Waals surface area contributed by atoms with E-state index in [2.05, 4.69) is 5.32 Å². The van der Waals surface area contributed by atoms with E-state index in [-0.39, 0.29) is 35.9 Å². The minimum atomic E-state index is -0.763. The van der Waals surface area contributed by atoms with Gasteiger partial charge in [-0.1, -0.05) is 11.6 Å². The molecule has 0 bridgehead atoms. The van der Waals surface area contributed by atoms with E-state index in [4.69, 9.17) is 22.1 Å². The van der Waals surface area contributed by atoms with E-state index in [1.165, 1.54) is 13.2 Å². The van der Waals surface area contributed by atoms with E-state index < -0.39 is 6.04 Å². The standard InChI is InChI=1S/C15H22ClN3O3.ClH/c1-4-19(5-2)15(21)11-7-6-10(8-12(11)16)18-14(20)13(17)9-22-3;/h6-8,13H,4-5,9,17H2,1-3H3,(H,18,20);1H. The number of hydrogen-bond acceptors (Lipinski definition) is 4. The van der Waals surface area contributed by atoms with Gasteiger partial charge >= 0.3 is 0 Å². The smallest absolute Gasteiger partial charge is 0.255 e. The monoisotopic (exact) mass is 363 g/mol. The lowest BCUT2D eigenvalue weighted by Crippen LogP contribution is -2.39. The molecular formula is C15H23Cl2N3O3. The number of carbonyl (C=O) groups excluding carboxylic acids is 2. The third-order valence-electron chi connectivity index (χ3n) is 3.20. The van der Waals surface area contributed by atoms with Crippen molar-refractivity contribution >= 4 is 41.5 Å². The van der Waals surface area contributed by atoms with Crippen molar-refractivity contribution in [2.75, 3.05) is 32.1 Å². The summed E-state index contributed by atoms with van der Waals surface area (Å²) in [6.07, 6.45) is 0. The topological polar surface area (TPSA) is 84.7 Å². The van der Waals surface area contributed by atoms with Crippen LogP contribution in [0.4, 0.5) is 5.69 Å². The first-order valence-corrected chi connectivity index (χ1v) is 7.46. The Bertz CT molecular complexity index is 537. The first-order valence-electron chi connectivity index (χ1n) is 7.08. The second-order valence-corrected chi connectivity index (χ2v) is 5.13. The van der Waals surface area contributed by atoms with Gasteiger partial charge in [0.15, 0.2) is 0 Å². The number of benzene rings is 1. The fraction of sp³-hybridized carbons (Fsp3) is 0.467. The van der Waals surface area contributed by atoms with Crippen molar-refractivity contribution < 1.29 is 14.3 Å². The Morgan fingerprint density at radius 2 is 1.96 bits per heavy atom. The quantitative estimate of drug-likeness (QED) is 0.777. The molecule has 0 fully saturated rings. The molecule has 0 aliphatic heterocycles. The minimum Gasteiger partial charge on any atom is -0.383 e. The van der Waals surface area contributed by atoms with Gasteiger partial charge in [0.2, 0.25) is 5.91 Å². The van der Waals surface area contributed by atoms with Crippen LogP contribution in [0.15, 0.2) is 18.2 Å². The van der Waals surface area contributed by atoms with E-state index in [0.717, 1.165) is 0 Å². The zero-order chi connectivity index (χ0) is 16.7. The van der Waals surface area contributed by atoms with Crippen molar-refractivity contribution in [2.45, 2.75) is 19.9 Å². The average molecular weight is 364 g/mol. The van der Waals surface area contributed by atoms with Crippen LogP contribution >= 0.6 is 24.0 Å². The highest BCUT2D eigenvalue weighted by Crippen LogP contribution is 2.22. The van der Waals surface area contributed by atoms with Gasteiger partial charge in [0.25, 0.3) is 5.91 Å². The number of methoxy groups -OCH3 is 1. The van der Waals surface area contributed by atoms with Gasteiger partial charge in [0, 0.05) is 25.9 Å². The number of rotatable bonds is 7. The van der Waals surface area contributed by atoms with Gasteiger partial charge in [0.05, 0.1) is 17.2 Å². The molecule has 8 heteroatoms. The minimum absolute atomic E-state index is 0. The lowest BCUT2D eigenvalue weighted by atomic mass is 10.1. The molecular weight excluding hydrogens is 341 g/mol. The maximum Gasteiger partial charge on any atom is 0.255 e. The molecule has 1 rings (SSSR count). The summed E-state index contributed by atoms with van der Waals surface area (Å²) in [5.41, 5.74) is 6.53. The van der Waals surface area contributed by atoms with Gasteiger partial charge in [0.1, 0.15) is 6.04 Å². The van der Waals surface area contributed by atoms with Crippen LogP contribution < -0.4 is 11.1 Å². The number of hydrogen-bond donors (Lipinski definition) is 2. The molecule has 0 aliphatic carbocycles. The van der Waals surface area contributed by atoms with Gasteiger partial charge in [-0.25, -0.2) is 0 Å². The molecule has 1 aromatic carbocycles. The Labute approximate surface area is 147 Å². The molecule has 0 saturated carbocycles. The lowest BCUT2D eigenvalue weighted by molar-refractivity contribution is -0.118. The molecule has 6 nitrogen and oxygen atoms in total. The number of ether oxygens (including phenoxy) is 1. The van der Waals surface area contributed by atoms with E-state index in [1.54, 1.807) is 17.0 Å². The van der Waals surface area contributed by atoms with Crippen LogP contribution in [0.5, 0.6) is 0 Å². The van der Waals surface area contributed by atoms with Crippen molar-refractivity contribution in [3.05, 3.63) is 28.8 Å². The van der Waals surface area contributed by atoms with Crippen LogP contribution in [0.3, 0.4) is 0 Å². The summed E-state index contributed by atoms with van der Waals surface area (Å²) in [4.78, 5) is 25.7. The molecule has 0 aliphatic rings. The molecule has 3 N–H and O–H groups in total. The Hall–Kier alpha value is -1.34. The predicted molar refractivity (Wildman–Crippen MR) is 94.4 cm³/mol. The van der Waals surface area contributed by atoms with Gasteiger partial charge < -0.3 is 20.7 Å². The Morgan fingerprint density at radius 3 is 2.43 bits per heavy atom. The second kappa shape index (κ2) is 10.4. The maximum absolute atomic E-state index is 12.3. The summed E-state index contributed by atoms with van der Waals surface area (Å²) in [7, 11) is 1.47. The molecule has 130 valence electrons. The fourth-order valence-corrected chi connectivity index (χ4v) is 2.20. The normalized spacial score (nSPS) is 11.3. The zero-order valence-corrected chi connectivity index (χ0v) is 15.0. The van der Waals surface area contributed by atoms with Crippen LogP contribution in [0.25, 0.3) is 0 Å². The molecule has 0 saturated heterocycles. The third-order valence-corrected chi connectivity index (χ3v) is 3.51. The van der Waals surface area contributed by atoms with Crippen LogP contribution in [-0.4, -0.2) is 49.6 Å². The summed E-state index contributed by atoms with van der Waals surface area (Å²) in [6, 6.07) is 4.00. The van der Waals surface area contributed by atoms with Crippen molar-refractivity contribution in [2.24, 2.45) is 5.73 Å². The number of nitrogens with zero attached hydrogens (tertiary/aromatic N) is 1. The highest BCUT2D eigenvalue weighted by Gasteiger charge is 2.17. The number of halogens is 2. The Kier molecular flexibility index (Phi) is 9.83. The molecule has 0 aromatic heterocycles. The molecule has 1 unspecified atom stereocenters. The van der Waals surface area contributed by atoms with Crippen molar-refractivity contribution in [3.8, 4) is 0 Å². The summed E-state index contributed by atoms with van der Waals surface area (Å²) in [5, 5.41) is 2.92. The number of anilines is 1. The lowest BCUT2D eigenvalue weighted by Gasteiger charge is -2.19. The summed E-state index contributed by atoms with van der Waals surface area (Å²) in [5.74, 6) is -0.510. The average Bonchev–Trinajstić information content (AvgIpc) is 2.48. The number of amides is 2. The second-order valence-electron chi connectivity index (χ2n) is 4.72. The van der Waals surface area contributed by atoms with Gasteiger partial charge in [-0.2, -0.15) is 0 Å². The van der Waals surface area contributed by atoms with E-state index in [1.807, 2.05) is 13.8 Å². The number of carbonyl (C=O) groups is 2. The fourth-order valence-electron chi connectivity index (χ4n) is 1.94. The van der Waals surface area contributed by atoms with Crippen molar-refractivity contribution in [1.82, 2.24) is 4.90 Å². The SMILES string of the molecule is CCN(CC)C(=O)c1ccc(NC(=O)C(N)COC)cc1Cl.Cl. The maximum atomic E-state index is 12.3. The number of nitrogens with one attached hydrogen (secondary N) is 1. The molecule has 1 atom stereocenters. The summed E-state index contributed by atoms with van der Waals surface area (Å²) < 4.78 is 4.83. The highest BCUT2D eigenvalue weighted by atomic mass is 35.5. The third kappa shape index (κ3) is 5.99. The summed E-state index contributed by atoms with van der Waals surface area (Å²) >= 11 is 6.15. The van der Waals surface area contributed by atoms with E-state index in [9.17, 15) is 9.59 Å². The zero-order valence-electron chi connectivity index (χ0n) is 13.5. The van der Waals surface area contributed by atoms with Gasteiger partial charge in [-0.3, -0.25) is 9.59 Å². The Balaban J connectivity index is 0.00000484. The first kappa shape index (κ1) is 21.7.